The van der Waals surface area contributed by atoms with Crippen LogP contribution < -0.4 is 10.6 Å². The molecule has 0 unspecified atom stereocenters. The molecule has 4 rings (SSSR count). The van der Waals surface area contributed by atoms with Gasteiger partial charge < -0.3 is 15.1 Å². The fourth-order valence-electron chi connectivity index (χ4n) is 2.28. The lowest BCUT2D eigenvalue weighted by atomic mass is 10.4. The molecule has 1 aliphatic rings. The van der Waals surface area contributed by atoms with Crippen molar-refractivity contribution in [2.75, 3.05) is 5.32 Å². The van der Waals surface area contributed by atoms with Crippen molar-refractivity contribution in [2.45, 2.75) is 25.3 Å². The predicted molar refractivity (Wildman–Crippen MR) is 79.5 cm³/mol. The third kappa shape index (κ3) is 2.52. The van der Waals surface area contributed by atoms with Crippen molar-refractivity contribution in [3.05, 3.63) is 48.3 Å². The summed E-state index contributed by atoms with van der Waals surface area (Å²) in [6, 6.07) is 6.93. The highest BCUT2D eigenvalue weighted by Crippen LogP contribution is 2.38. The van der Waals surface area contributed by atoms with Crippen LogP contribution in [-0.2, 0) is 6.54 Å². The van der Waals surface area contributed by atoms with Crippen molar-refractivity contribution >= 4 is 17.4 Å². The normalized spacial score (nSPS) is 14.2. The largest absolute Gasteiger partial charge is 0.467 e. The molecule has 0 aliphatic heterocycles. The zero-order valence-corrected chi connectivity index (χ0v) is 11.8. The van der Waals surface area contributed by atoms with Crippen LogP contribution in [0.3, 0.4) is 0 Å². The van der Waals surface area contributed by atoms with Gasteiger partial charge in [-0.05, 0) is 37.1 Å². The smallest absolute Gasteiger partial charge is 0.319 e. The molecule has 1 saturated carbocycles. The van der Waals surface area contributed by atoms with Gasteiger partial charge in [-0.1, -0.05) is 0 Å². The summed E-state index contributed by atoms with van der Waals surface area (Å²) in [5, 5.41) is 9.99. The number of pyridine rings is 1. The third-order valence-corrected chi connectivity index (χ3v) is 3.57. The van der Waals surface area contributed by atoms with E-state index < -0.39 is 0 Å². The zero-order valence-electron chi connectivity index (χ0n) is 11.8. The summed E-state index contributed by atoms with van der Waals surface area (Å²) < 4.78 is 6.88. The van der Waals surface area contributed by atoms with Crippen LogP contribution in [0.4, 0.5) is 10.5 Å². The molecule has 112 valence electrons. The van der Waals surface area contributed by atoms with E-state index in [1.165, 1.54) is 0 Å². The summed E-state index contributed by atoms with van der Waals surface area (Å²) in [5.41, 5.74) is 1.30. The summed E-state index contributed by atoms with van der Waals surface area (Å²) in [6.07, 6.45) is 5.69. The Kier molecular flexibility index (Phi) is 3.03. The average molecular weight is 297 g/mol. The first-order valence-corrected chi connectivity index (χ1v) is 7.22. The first-order chi connectivity index (χ1) is 10.8. The molecule has 3 heterocycles. The first-order valence-electron chi connectivity index (χ1n) is 7.22. The van der Waals surface area contributed by atoms with Crippen molar-refractivity contribution in [2.24, 2.45) is 0 Å². The second-order valence-electron chi connectivity index (χ2n) is 5.32. The van der Waals surface area contributed by atoms with Gasteiger partial charge in [-0.15, -0.1) is 0 Å². The average Bonchev–Trinajstić information content (AvgIpc) is 3.07. The van der Waals surface area contributed by atoms with Crippen molar-refractivity contribution in [3.8, 4) is 0 Å². The zero-order chi connectivity index (χ0) is 14.9. The van der Waals surface area contributed by atoms with Crippen molar-refractivity contribution in [1.82, 2.24) is 19.9 Å². The van der Waals surface area contributed by atoms with Crippen LogP contribution in [0.25, 0.3) is 5.65 Å². The first kappa shape index (κ1) is 12.9. The van der Waals surface area contributed by atoms with Crippen LogP contribution in [0.2, 0.25) is 0 Å². The van der Waals surface area contributed by atoms with Crippen molar-refractivity contribution < 1.29 is 9.21 Å². The molecule has 0 spiro atoms. The lowest BCUT2D eigenvalue weighted by Crippen LogP contribution is -2.28. The number of carbonyl (C=O) groups excluding carboxylic acids is 1. The van der Waals surface area contributed by atoms with Gasteiger partial charge in [0, 0.05) is 12.1 Å². The van der Waals surface area contributed by atoms with E-state index in [9.17, 15) is 4.79 Å². The number of carbonyl (C=O) groups is 1. The molecule has 0 saturated heterocycles. The van der Waals surface area contributed by atoms with Gasteiger partial charge >= 0.3 is 6.03 Å². The van der Waals surface area contributed by atoms with E-state index in [2.05, 4.69) is 20.7 Å². The van der Waals surface area contributed by atoms with Crippen molar-refractivity contribution in [3.63, 3.8) is 0 Å². The van der Waals surface area contributed by atoms with Crippen molar-refractivity contribution in [1.29, 1.82) is 0 Å². The number of nitrogens with one attached hydrogen (secondary N) is 2. The standard InChI is InChI=1S/C15H15N5O2/c21-15(16-9-11-3-2-8-22-11)17-12-4-1-7-20-14(12)18-13(19-20)10-5-6-10/h1-4,7-8,10H,5-6,9H2,(H2,16,17,21). The Bertz CT molecular complexity index is 805. The lowest BCUT2D eigenvalue weighted by molar-refractivity contribution is 0.251. The number of hydrogen-bond acceptors (Lipinski definition) is 4. The molecular formula is C15H15N5O2. The van der Waals surface area contributed by atoms with Crippen LogP contribution in [0.5, 0.6) is 0 Å². The molecule has 7 nitrogen and oxygen atoms in total. The molecule has 1 fully saturated rings. The second kappa shape index (κ2) is 5.18. The maximum absolute atomic E-state index is 12.0. The number of hydrogen-bond donors (Lipinski definition) is 2. The van der Waals surface area contributed by atoms with Gasteiger partial charge in [-0.25, -0.2) is 14.3 Å². The Labute approximate surface area is 126 Å². The van der Waals surface area contributed by atoms with E-state index in [1.807, 2.05) is 18.3 Å². The van der Waals surface area contributed by atoms with E-state index in [-0.39, 0.29) is 6.03 Å². The number of rotatable bonds is 4. The van der Waals surface area contributed by atoms with Crippen LogP contribution in [-0.4, -0.2) is 20.6 Å². The molecule has 0 aromatic carbocycles. The molecular weight excluding hydrogens is 282 g/mol. The quantitative estimate of drug-likeness (QED) is 0.775. The Hall–Kier alpha value is -2.83. The van der Waals surface area contributed by atoms with Gasteiger partial charge in [-0.2, -0.15) is 5.10 Å². The minimum absolute atomic E-state index is 0.305. The maximum atomic E-state index is 12.0. The molecule has 7 heteroatoms. The number of fused-ring (bicyclic) bond motifs is 1. The highest BCUT2D eigenvalue weighted by molar-refractivity contribution is 5.92. The summed E-state index contributed by atoms with van der Waals surface area (Å²) in [7, 11) is 0. The van der Waals surface area contributed by atoms with E-state index in [0.717, 1.165) is 18.7 Å². The molecule has 0 bridgehead atoms. The summed E-state index contributed by atoms with van der Waals surface area (Å²) in [6.45, 7) is 0.335. The van der Waals surface area contributed by atoms with E-state index in [0.29, 0.717) is 29.6 Å². The summed E-state index contributed by atoms with van der Waals surface area (Å²) >= 11 is 0. The molecule has 3 aromatic rings. The SMILES string of the molecule is O=C(NCc1ccco1)Nc1cccn2nc(C3CC3)nc12. The van der Waals surface area contributed by atoms with Gasteiger partial charge in [0.05, 0.1) is 18.5 Å². The number of amides is 2. The molecule has 0 atom stereocenters. The number of furan rings is 1. The van der Waals surface area contributed by atoms with E-state index >= 15 is 0 Å². The lowest BCUT2D eigenvalue weighted by Gasteiger charge is -2.06. The monoisotopic (exact) mass is 297 g/mol. The topological polar surface area (TPSA) is 84.5 Å². The second-order valence-corrected chi connectivity index (χ2v) is 5.32. The van der Waals surface area contributed by atoms with Gasteiger partial charge in [0.1, 0.15) is 5.76 Å². The minimum Gasteiger partial charge on any atom is -0.467 e. The van der Waals surface area contributed by atoms with Crippen LogP contribution >= 0.6 is 0 Å². The van der Waals surface area contributed by atoms with Gasteiger partial charge in [0.25, 0.3) is 0 Å². The number of aromatic nitrogens is 3. The summed E-state index contributed by atoms with van der Waals surface area (Å²) in [5.74, 6) is 2.03. The Morgan fingerprint density at radius 3 is 3.05 bits per heavy atom. The van der Waals surface area contributed by atoms with Gasteiger partial charge in [0.15, 0.2) is 11.5 Å². The molecule has 2 amide bonds. The maximum Gasteiger partial charge on any atom is 0.319 e. The molecule has 0 radical (unpaired) electrons. The number of nitrogens with zero attached hydrogens (tertiary/aromatic N) is 3. The minimum atomic E-state index is -0.305. The van der Waals surface area contributed by atoms with E-state index in [1.54, 1.807) is 22.9 Å². The highest BCUT2D eigenvalue weighted by atomic mass is 16.3. The molecule has 1 aliphatic carbocycles. The highest BCUT2D eigenvalue weighted by Gasteiger charge is 2.28. The van der Waals surface area contributed by atoms with Gasteiger partial charge in [0.2, 0.25) is 0 Å². The molecule has 22 heavy (non-hydrogen) atoms. The van der Waals surface area contributed by atoms with Crippen LogP contribution in [0.1, 0.15) is 30.3 Å². The fraction of sp³-hybridized carbons (Fsp3) is 0.267. The Morgan fingerprint density at radius 2 is 2.27 bits per heavy atom. The number of urea groups is 1. The van der Waals surface area contributed by atoms with Crippen LogP contribution in [0, 0.1) is 0 Å². The van der Waals surface area contributed by atoms with E-state index in [4.69, 9.17) is 4.42 Å². The molecule has 2 N–H and O–H groups in total. The van der Waals surface area contributed by atoms with Crippen LogP contribution in [0.15, 0.2) is 41.1 Å². The number of anilines is 1. The third-order valence-electron chi connectivity index (χ3n) is 3.57. The Morgan fingerprint density at radius 1 is 1.36 bits per heavy atom. The van der Waals surface area contributed by atoms with Gasteiger partial charge in [-0.3, -0.25) is 0 Å². The Balaban J connectivity index is 1.49. The predicted octanol–water partition coefficient (Wildman–Crippen LogP) is 2.52. The summed E-state index contributed by atoms with van der Waals surface area (Å²) in [4.78, 5) is 16.5. The fourth-order valence-corrected chi connectivity index (χ4v) is 2.28. The molecule has 3 aromatic heterocycles.